The van der Waals surface area contributed by atoms with Gasteiger partial charge in [0.05, 0.1) is 11.5 Å². The number of carbonyl (C=O) groups excluding carboxylic acids is 1. The Morgan fingerprint density at radius 2 is 1.96 bits per heavy atom. The first-order valence-corrected chi connectivity index (χ1v) is 8.31. The van der Waals surface area contributed by atoms with E-state index in [2.05, 4.69) is 26.0 Å². The predicted octanol–water partition coefficient (Wildman–Crippen LogP) is 4.46. The van der Waals surface area contributed by atoms with E-state index in [4.69, 9.17) is 4.74 Å². The minimum absolute atomic E-state index is 0.0119. The Bertz CT molecular complexity index is 817. The highest BCUT2D eigenvalue weighted by Gasteiger charge is 2.37. The van der Waals surface area contributed by atoms with Crippen molar-refractivity contribution in [3.63, 3.8) is 0 Å². The number of allylic oxidation sites excluding steroid dienone is 5. The van der Waals surface area contributed by atoms with E-state index in [9.17, 15) is 14.9 Å². The SMILES string of the molecule is CC1=C[C@@](C)(/C=C2/CCOC2=O)[C@H](c2ccc([N+](=O)[O-])cc2)C(C)=C1. The van der Waals surface area contributed by atoms with Crippen LogP contribution in [0.4, 0.5) is 5.69 Å². The Morgan fingerprint density at radius 3 is 2.52 bits per heavy atom. The van der Waals surface area contributed by atoms with E-state index in [1.54, 1.807) is 12.1 Å². The lowest BCUT2D eigenvalue weighted by molar-refractivity contribution is -0.384. The monoisotopic (exact) mass is 339 g/mol. The molecule has 1 aliphatic carbocycles. The third-order valence-corrected chi connectivity index (χ3v) is 4.86. The fraction of sp³-hybridized carbons (Fsp3) is 0.350. The molecule has 0 spiro atoms. The van der Waals surface area contributed by atoms with Crippen molar-refractivity contribution in [1.82, 2.24) is 0 Å². The lowest BCUT2D eigenvalue weighted by Crippen LogP contribution is -2.26. The third-order valence-electron chi connectivity index (χ3n) is 4.86. The largest absolute Gasteiger partial charge is 0.462 e. The maximum atomic E-state index is 11.9. The van der Waals surface area contributed by atoms with Gasteiger partial charge in [0.25, 0.3) is 5.69 Å². The topological polar surface area (TPSA) is 69.4 Å². The van der Waals surface area contributed by atoms with Crippen molar-refractivity contribution in [2.75, 3.05) is 6.61 Å². The summed E-state index contributed by atoms with van der Waals surface area (Å²) >= 11 is 0. The zero-order chi connectivity index (χ0) is 18.2. The van der Waals surface area contributed by atoms with E-state index in [1.807, 2.05) is 13.0 Å². The number of nitro benzene ring substituents is 1. The second kappa shape index (κ2) is 6.31. The first-order valence-electron chi connectivity index (χ1n) is 8.31. The maximum absolute atomic E-state index is 11.9. The molecule has 0 saturated carbocycles. The number of hydrogen-bond donors (Lipinski definition) is 0. The molecule has 1 aromatic carbocycles. The highest BCUT2D eigenvalue weighted by atomic mass is 16.6. The van der Waals surface area contributed by atoms with Crippen molar-refractivity contribution < 1.29 is 14.5 Å². The summed E-state index contributed by atoms with van der Waals surface area (Å²) in [6.07, 6.45) is 6.91. The van der Waals surface area contributed by atoms with E-state index in [-0.39, 0.29) is 17.6 Å². The summed E-state index contributed by atoms with van der Waals surface area (Å²) in [5, 5.41) is 10.9. The van der Waals surface area contributed by atoms with E-state index < -0.39 is 10.3 Å². The van der Waals surface area contributed by atoms with Gasteiger partial charge in [-0.15, -0.1) is 0 Å². The van der Waals surface area contributed by atoms with Crippen LogP contribution < -0.4 is 0 Å². The van der Waals surface area contributed by atoms with Gasteiger partial charge >= 0.3 is 5.97 Å². The van der Waals surface area contributed by atoms with Crippen molar-refractivity contribution in [1.29, 1.82) is 0 Å². The van der Waals surface area contributed by atoms with Crippen LogP contribution in [0.25, 0.3) is 0 Å². The minimum Gasteiger partial charge on any atom is -0.462 e. The molecule has 0 N–H and O–H groups in total. The standard InChI is InChI=1S/C20H21NO4/c1-13-10-14(2)18(15-4-6-17(7-5-15)21(23)24)20(3,11-13)12-16-8-9-25-19(16)22/h4-7,10-12,18H,8-9H2,1-3H3/b16-12-/t18-,20-/m0/s1. The van der Waals surface area contributed by atoms with Crippen LogP contribution in [0.3, 0.4) is 0 Å². The Kier molecular flexibility index (Phi) is 4.33. The van der Waals surface area contributed by atoms with Gasteiger partial charge < -0.3 is 4.74 Å². The molecule has 3 rings (SSSR count). The van der Waals surface area contributed by atoms with Gasteiger partial charge in [-0.2, -0.15) is 0 Å². The molecule has 0 aromatic heterocycles. The molecule has 2 aliphatic rings. The highest BCUT2D eigenvalue weighted by molar-refractivity contribution is 5.90. The zero-order valence-electron chi connectivity index (χ0n) is 14.6. The molecule has 0 radical (unpaired) electrons. The van der Waals surface area contributed by atoms with E-state index in [0.717, 1.165) is 11.1 Å². The maximum Gasteiger partial charge on any atom is 0.333 e. The summed E-state index contributed by atoms with van der Waals surface area (Å²) < 4.78 is 5.07. The Morgan fingerprint density at radius 1 is 1.28 bits per heavy atom. The number of nitrogens with zero attached hydrogens (tertiary/aromatic N) is 1. The van der Waals surface area contributed by atoms with Crippen molar-refractivity contribution >= 4 is 11.7 Å². The molecular formula is C20H21NO4. The minimum atomic E-state index is -0.396. The van der Waals surface area contributed by atoms with Crippen molar-refractivity contribution in [3.05, 3.63) is 74.9 Å². The third kappa shape index (κ3) is 3.27. The molecule has 1 heterocycles. The van der Waals surface area contributed by atoms with Crippen LogP contribution in [0.5, 0.6) is 0 Å². The zero-order valence-corrected chi connectivity index (χ0v) is 14.6. The van der Waals surface area contributed by atoms with Crippen molar-refractivity contribution in [2.45, 2.75) is 33.1 Å². The molecule has 1 saturated heterocycles. The van der Waals surface area contributed by atoms with Gasteiger partial charge in [-0.25, -0.2) is 4.79 Å². The molecule has 2 atom stereocenters. The highest BCUT2D eigenvalue weighted by Crippen LogP contribution is 2.48. The van der Waals surface area contributed by atoms with Gasteiger partial charge in [0, 0.05) is 35.5 Å². The average molecular weight is 339 g/mol. The second-order valence-electron chi connectivity index (χ2n) is 6.98. The van der Waals surface area contributed by atoms with Gasteiger partial charge in [-0.1, -0.05) is 48.4 Å². The summed E-state index contributed by atoms with van der Waals surface area (Å²) in [7, 11) is 0. The molecule has 1 fully saturated rings. The first kappa shape index (κ1) is 17.1. The fourth-order valence-electron chi connectivity index (χ4n) is 4.04. The van der Waals surface area contributed by atoms with Crippen molar-refractivity contribution in [3.8, 4) is 0 Å². The lowest BCUT2D eigenvalue weighted by atomic mass is 9.65. The Labute approximate surface area is 146 Å². The van der Waals surface area contributed by atoms with Gasteiger partial charge in [0.15, 0.2) is 0 Å². The van der Waals surface area contributed by atoms with Crippen LogP contribution >= 0.6 is 0 Å². The summed E-state index contributed by atoms with van der Waals surface area (Å²) in [4.78, 5) is 22.4. The van der Waals surface area contributed by atoms with Crippen LogP contribution in [-0.2, 0) is 9.53 Å². The van der Waals surface area contributed by atoms with Crippen LogP contribution in [0, 0.1) is 15.5 Å². The molecular weight excluding hydrogens is 318 g/mol. The molecule has 0 amide bonds. The number of ether oxygens (including phenoxy) is 1. The number of nitro groups is 1. The number of esters is 1. The van der Waals surface area contributed by atoms with E-state index in [1.165, 1.54) is 17.7 Å². The van der Waals surface area contributed by atoms with E-state index in [0.29, 0.717) is 18.6 Å². The number of non-ortho nitro benzene ring substituents is 1. The van der Waals surface area contributed by atoms with Crippen LogP contribution in [-0.4, -0.2) is 17.5 Å². The number of rotatable bonds is 3. The summed E-state index contributed by atoms with van der Waals surface area (Å²) in [6, 6.07) is 6.67. The molecule has 5 nitrogen and oxygen atoms in total. The number of hydrogen-bond acceptors (Lipinski definition) is 4. The van der Waals surface area contributed by atoms with Gasteiger partial charge in [-0.3, -0.25) is 10.1 Å². The normalized spacial score (nSPS) is 27.7. The average Bonchev–Trinajstić information content (AvgIpc) is 2.91. The van der Waals surface area contributed by atoms with Crippen LogP contribution in [0.15, 0.2) is 59.2 Å². The molecule has 5 heteroatoms. The molecule has 0 bridgehead atoms. The Hall–Kier alpha value is -2.69. The molecule has 25 heavy (non-hydrogen) atoms. The number of carbonyl (C=O) groups is 1. The van der Waals surface area contributed by atoms with Gasteiger partial charge in [0.1, 0.15) is 0 Å². The van der Waals surface area contributed by atoms with Gasteiger partial charge in [-0.05, 0) is 19.4 Å². The summed E-state index contributed by atoms with van der Waals surface area (Å²) in [6.45, 7) is 6.63. The van der Waals surface area contributed by atoms with Crippen LogP contribution in [0.1, 0.15) is 38.7 Å². The summed E-state index contributed by atoms with van der Waals surface area (Å²) in [5.41, 5.74) is 3.69. The van der Waals surface area contributed by atoms with Gasteiger partial charge in [0.2, 0.25) is 0 Å². The number of benzene rings is 1. The predicted molar refractivity (Wildman–Crippen MR) is 95.1 cm³/mol. The first-order chi connectivity index (χ1) is 11.8. The quantitative estimate of drug-likeness (QED) is 0.353. The smallest absolute Gasteiger partial charge is 0.333 e. The van der Waals surface area contributed by atoms with Crippen molar-refractivity contribution in [2.24, 2.45) is 5.41 Å². The van der Waals surface area contributed by atoms with Crippen LogP contribution in [0.2, 0.25) is 0 Å². The molecule has 1 aromatic rings. The Balaban J connectivity index is 2.06. The molecule has 1 aliphatic heterocycles. The molecule has 130 valence electrons. The fourth-order valence-corrected chi connectivity index (χ4v) is 4.04. The van der Waals surface area contributed by atoms with E-state index >= 15 is 0 Å². The molecule has 0 unspecified atom stereocenters. The second-order valence-corrected chi connectivity index (χ2v) is 6.98. The lowest BCUT2D eigenvalue weighted by Gasteiger charge is -2.38. The number of cyclic esters (lactones) is 1. The summed E-state index contributed by atoms with van der Waals surface area (Å²) in [5.74, 6) is -0.236.